The fourth-order valence-electron chi connectivity index (χ4n) is 2.25. The Bertz CT molecular complexity index is 494. The first-order valence-electron chi connectivity index (χ1n) is 7.93. The highest BCUT2D eigenvalue weighted by molar-refractivity contribution is 14.0. The number of aliphatic imine (C=N–C) groups is 1. The molecule has 2 rings (SSSR count). The van der Waals surface area contributed by atoms with Gasteiger partial charge in [0.2, 0.25) is 0 Å². The van der Waals surface area contributed by atoms with E-state index in [4.69, 9.17) is 16.3 Å². The minimum atomic E-state index is 0. The first-order valence-corrected chi connectivity index (χ1v) is 8.31. The van der Waals surface area contributed by atoms with E-state index in [0.717, 1.165) is 55.2 Å². The summed E-state index contributed by atoms with van der Waals surface area (Å²) in [5.41, 5.74) is 1.10. The smallest absolute Gasteiger partial charge is 0.193 e. The number of nitrogens with zero attached hydrogens (tertiary/aromatic N) is 2. The van der Waals surface area contributed by atoms with Crippen molar-refractivity contribution in [3.8, 4) is 0 Å². The second-order valence-electron chi connectivity index (χ2n) is 5.79. The Morgan fingerprint density at radius 3 is 2.78 bits per heavy atom. The van der Waals surface area contributed by atoms with Crippen molar-refractivity contribution in [1.82, 2.24) is 10.2 Å². The van der Waals surface area contributed by atoms with Crippen LogP contribution in [0.5, 0.6) is 0 Å². The monoisotopic (exact) mass is 451 g/mol. The lowest BCUT2D eigenvalue weighted by Gasteiger charge is -2.22. The quantitative estimate of drug-likeness (QED) is 0.283. The van der Waals surface area contributed by atoms with Crippen LogP contribution in [0.25, 0.3) is 0 Å². The van der Waals surface area contributed by atoms with E-state index in [0.29, 0.717) is 0 Å². The highest BCUT2D eigenvalue weighted by Crippen LogP contribution is 2.28. The van der Waals surface area contributed by atoms with Gasteiger partial charge in [-0.15, -0.1) is 24.0 Å². The van der Waals surface area contributed by atoms with Gasteiger partial charge in [0.1, 0.15) is 0 Å². The minimum Gasteiger partial charge on any atom is -0.381 e. The highest BCUT2D eigenvalue weighted by atomic mass is 127. The number of hydrogen-bond acceptors (Lipinski definition) is 2. The van der Waals surface area contributed by atoms with Gasteiger partial charge in [-0.05, 0) is 36.8 Å². The third-order valence-corrected chi connectivity index (χ3v) is 4.11. The average Bonchev–Trinajstić information content (AvgIpc) is 3.33. The maximum Gasteiger partial charge on any atom is 0.193 e. The zero-order chi connectivity index (χ0) is 15.8. The Morgan fingerprint density at radius 2 is 2.13 bits per heavy atom. The predicted molar refractivity (Wildman–Crippen MR) is 108 cm³/mol. The largest absolute Gasteiger partial charge is 0.381 e. The first kappa shape index (κ1) is 20.5. The van der Waals surface area contributed by atoms with Crippen LogP contribution in [-0.2, 0) is 11.3 Å². The van der Waals surface area contributed by atoms with Crippen molar-refractivity contribution in [2.75, 3.05) is 33.9 Å². The van der Waals surface area contributed by atoms with Gasteiger partial charge in [0, 0.05) is 45.4 Å². The lowest BCUT2D eigenvalue weighted by Crippen LogP contribution is -2.39. The average molecular weight is 452 g/mol. The summed E-state index contributed by atoms with van der Waals surface area (Å²) < 4.78 is 5.63. The Balaban J connectivity index is 0.00000264. The molecule has 6 heteroatoms. The SMILES string of the molecule is CN=C(NCCCOCC1CC1)N(C)Cc1ccccc1Cl.I. The van der Waals surface area contributed by atoms with Crippen LogP contribution in [0, 0.1) is 5.92 Å². The number of benzene rings is 1. The zero-order valence-electron chi connectivity index (χ0n) is 13.9. The van der Waals surface area contributed by atoms with Gasteiger partial charge in [-0.1, -0.05) is 29.8 Å². The van der Waals surface area contributed by atoms with Gasteiger partial charge in [-0.2, -0.15) is 0 Å². The summed E-state index contributed by atoms with van der Waals surface area (Å²) in [7, 11) is 3.82. The second kappa shape index (κ2) is 11.1. The molecule has 4 nitrogen and oxygen atoms in total. The molecule has 0 aliphatic heterocycles. The maximum atomic E-state index is 6.20. The normalized spacial score (nSPS) is 14.3. The van der Waals surface area contributed by atoms with Crippen molar-refractivity contribution in [3.63, 3.8) is 0 Å². The van der Waals surface area contributed by atoms with Crippen LogP contribution in [0.2, 0.25) is 5.02 Å². The molecule has 0 spiro atoms. The van der Waals surface area contributed by atoms with Crippen molar-refractivity contribution >= 4 is 41.5 Å². The Morgan fingerprint density at radius 1 is 1.39 bits per heavy atom. The van der Waals surface area contributed by atoms with Crippen molar-refractivity contribution in [2.24, 2.45) is 10.9 Å². The van der Waals surface area contributed by atoms with Gasteiger partial charge < -0.3 is 15.0 Å². The molecule has 23 heavy (non-hydrogen) atoms. The van der Waals surface area contributed by atoms with Crippen molar-refractivity contribution in [3.05, 3.63) is 34.9 Å². The fourth-order valence-corrected chi connectivity index (χ4v) is 2.45. The van der Waals surface area contributed by atoms with Crippen LogP contribution in [0.15, 0.2) is 29.3 Å². The topological polar surface area (TPSA) is 36.9 Å². The second-order valence-corrected chi connectivity index (χ2v) is 6.20. The number of rotatable bonds is 8. The van der Waals surface area contributed by atoms with Crippen molar-refractivity contribution in [1.29, 1.82) is 0 Å². The van der Waals surface area contributed by atoms with E-state index in [2.05, 4.69) is 15.2 Å². The molecule has 0 radical (unpaired) electrons. The van der Waals surface area contributed by atoms with Gasteiger partial charge >= 0.3 is 0 Å². The summed E-state index contributed by atoms with van der Waals surface area (Å²) in [6.45, 7) is 3.34. The van der Waals surface area contributed by atoms with Crippen molar-refractivity contribution < 1.29 is 4.74 Å². The van der Waals surface area contributed by atoms with E-state index < -0.39 is 0 Å². The van der Waals surface area contributed by atoms with Gasteiger partial charge in [0.25, 0.3) is 0 Å². The zero-order valence-corrected chi connectivity index (χ0v) is 17.0. The summed E-state index contributed by atoms with van der Waals surface area (Å²) in [6, 6.07) is 7.90. The molecular formula is C17H27ClIN3O. The maximum absolute atomic E-state index is 6.20. The third-order valence-electron chi connectivity index (χ3n) is 3.74. The molecule has 0 unspecified atom stereocenters. The molecule has 0 heterocycles. The minimum absolute atomic E-state index is 0. The Kier molecular flexibility index (Phi) is 9.90. The number of nitrogens with one attached hydrogen (secondary N) is 1. The van der Waals surface area contributed by atoms with E-state index >= 15 is 0 Å². The van der Waals surface area contributed by atoms with Gasteiger partial charge in [0.05, 0.1) is 0 Å². The molecule has 0 amide bonds. The molecule has 0 aromatic heterocycles. The predicted octanol–water partition coefficient (Wildman–Crippen LogP) is 3.78. The molecule has 1 aromatic carbocycles. The van der Waals surface area contributed by atoms with Gasteiger partial charge in [-0.25, -0.2) is 0 Å². The molecule has 0 saturated heterocycles. The standard InChI is InChI=1S/C17H26ClN3O.HI/c1-19-17(20-10-5-11-22-13-14-8-9-14)21(2)12-15-6-3-4-7-16(15)18;/h3-4,6-7,14H,5,8-13H2,1-2H3,(H,19,20);1H. The molecule has 130 valence electrons. The van der Waals surface area contributed by atoms with Crippen LogP contribution in [0.1, 0.15) is 24.8 Å². The number of ether oxygens (including phenoxy) is 1. The molecule has 0 bridgehead atoms. The summed E-state index contributed by atoms with van der Waals surface area (Å²) in [4.78, 5) is 6.39. The summed E-state index contributed by atoms with van der Waals surface area (Å²) in [5, 5.41) is 4.16. The molecule has 1 fully saturated rings. The van der Waals surface area contributed by atoms with Crippen molar-refractivity contribution in [2.45, 2.75) is 25.8 Å². The van der Waals surface area contributed by atoms with E-state index in [9.17, 15) is 0 Å². The first-order chi connectivity index (χ1) is 10.7. The molecule has 1 saturated carbocycles. The van der Waals surface area contributed by atoms with Crippen LogP contribution >= 0.6 is 35.6 Å². The summed E-state index contributed by atoms with van der Waals surface area (Å²) >= 11 is 6.20. The molecule has 1 N–H and O–H groups in total. The van der Waals surface area contributed by atoms with Crippen LogP contribution in [-0.4, -0.2) is 44.7 Å². The molecule has 1 aromatic rings. The summed E-state index contributed by atoms with van der Waals surface area (Å²) in [5.74, 6) is 1.71. The van der Waals surface area contributed by atoms with Gasteiger partial charge in [0.15, 0.2) is 5.96 Å². The summed E-state index contributed by atoms with van der Waals surface area (Å²) in [6.07, 6.45) is 3.68. The molecule has 1 aliphatic carbocycles. The Labute approximate surface area is 161 Å². The van der Waals surface area contributed by atoms with Crippen LogP contribution < -0.4 is 5.32 Å². The number of hydrogen-bond donors (Lipinski definition) is 1. The molecular weight excluding hydrogens is 425 g/mol. The Hall–Kier alpha value is -0.530. The highest BCUT2D eigenvalue weighted by Gasteiger charge is 2.20. The molecule has 1 aliphatic rings. The van der Waals surface area contributed by atoms with E-state index in [1.807, 2.05) is 31.3 Å². The van der Waals surface area contributed by atoms with Gasteiger partial charge in [-0.3, -0.25) is 4.99 Å². The fraction of sp³-hybridized carbons (Fsp3) is 0.588. The third kappa shape index (κ3) is 7.72. The molecule has 0 atom stereocenters. The lowest BCUT2D eigenvalue weighted by molar-refractivity contribution is 0.122. The lowest BCUT2D eigenvalue weighted by atomic mass is 10.2. The van der Waals surface area contributed by atoms with E-state index in [-0.39, 0.29) is 24.0 Å². The number of halogens is 2. The number of guanidine groups is 1. The van der Waals surface area contributed by atoms with E-state index in [1.54, 1.807) is 7.05 Å². The van der Waals surface area contributed by atoms with Crippen LogP contribution in [0.4, 0.5) is 0 Å². The van der Waals surface area contributed by atoms with E-state index in [1.165, 1.54) is 12.8 Å². The van der Waals surface area contributed by atoms with Crippen LogP contribution in [0.3, 0.4) is 0 Å².